The van der Waals surface area contributed by atoms with Gasteiger partial charge in [0.05, 0.1) is 12.9 Å². The van der Waals surface area contributed by atoms with Gasteiger partial charge in [0.15, 0.2) is 0 Å². The van der Waals surface area contributed by atoms with Crippen LogP contribution in [0.2, 0.25) is 0 Å². The molecule has 9 heteroatoms. The zero-order chi connectivity index (χ0) is 18.6. The normalized spacial score (nSPS) is 10.9. The first-order valence-corrected chi connectivity index (χ1v) is 9.68. The third-order valence-corrected chi connectivity index (χ3v) is 4.90. The van der Waals surface area contributed by atoms with Gasteiger partial charge in [-0.15, -0.1) is 20.4 Å². The van der Waals surface area contributed by atoms with Gasteiger partial charge in [0, 0.05) is 15.6 Å². The molecular weight excluding hydrogens is 432 g/mol. The SMILES string of the molecule is COc1ccc(-c2nnc(SCc3nnc(-c4cccc(Br)c4)o3)o2)cc1. The highest BCUT2D eigenvalue weighted by Crippen LogP contribution is 2.28. The minimum absolute atomic E-state index is 0.433. The molecule has 0 aliphatic rings. The summed E-state index contributed by atoms with van der Waals surface area (Å²) in [5, 5.41) is 16.7. The van der Waals surface area contributed by atoms with Crippen molar-refractivity contribution in [3.8, 4) is 28.7 Å². The Morgan fingerprint density at radius 2 is 1.70 bits per heavy atom. The van der Waals surface area contributed by atoms with Gasteiger partial charge in [-0.05, 0) is 42.5 Å². The lowest BCUT2D eigenvalue weighted by molar-refractivity contribution is 0.414. The average molecular weight is 445 g/mol. The van der Waals surface area contributed by atoms with Crippen LogP contribution >= 0.6 is 27.7 Å². The van der Waals surface area contributed by atoms with Crippen LogP contribution in [0.5, 0.6) is 5.75 Å². The number of hydrogen-bond acceptors (Lipinski definition) is 8. The van der Waals surface area contributed by atoms with E-state index in [1.807, 2.05) is 48.5 Å². The van der Waals surface area contributed by atoms with E-state index in [1.54, 1.807) is 7.11 Å². The van der Waals surface area contributed by atoms with Crippen LogP contribution in [0.15, 0.2) is 67.1 Å². The molecule has 0 amide bonds. The Labute approximate surface area is 167 Å². The van der Waals surface area contributed by atoms with E-state index < -0.39 is 0 Å². The molecule has 0 saturated heterocycles. The van der Waals surface area contributed by atoms with Crippen molar-refractivity contribution in [2.24, 2.45) is 0 Å². The number of thioether (sulfide) groups is 1. The molecule has 2 aromatic heterocycles. The minimum Gasteiger partial charge on any atom is -0.497 e. The first kappa shape index (κ1) is 17.7. The molecule has 7 nitrogen and oxygen atoms in total. The van der Waals surface area contributed by atoms with Crippen LogP contribution in [-0.4, -0.2) is 27.5 Å². The van der Waals surface area contributed by atoms with E-state index in [0.717, 1.165) is 21.3 Å². The predicted molar refractivity (Wildman–Crippen MR) is 103 cm³/mol. The van der Waals surface area contributed by atoms with Crippen molar-refractivity contribution in [1.82, 2.24) is 20.4 Å². The average Bonchev–Trinajstić information content (AvgIpc) is 3.36. The smallest absolute Gasteiger partial charge is 0.277 e. The predicted octanol–water partition coefficient (Wildman–Crippen LogP) is 4.85. The van der Waals surface area contributed by atoms with Crippen molar-refractivity contribution < 1.29 is 13.6 Å². The second-order valence-electron chi connectivity index (χ2n) is 5.40. The number of benzene rings is 2. The van der Waals surface area contributed by atoms with Crippen LogP contribution in [-0.2, 0) is 5.75 Å². The maximum absolute atomic E-state index is 5.70. The molecule has 0 spiro atoms. The molecule has 4 rings (SSSR count). The summed E-state index contributed by atoms with van der Waals surface area (Å²) in [6.45, 7) is 0. The summed E-state index contributed by atoms with van der Waals surface area (Å²) < 4.78 is 17.5. The molecule has 0 aliphatic heterocycles. The van der Waals surface area contributed by atoms with Crippen molar-refractivity contribution in [3.05, 3.63) is 58.9 Å². The Morgan fingerprint density at radius 1 is 0.926 bits per heavy atom. The van der Waals surface area contributed by atoms with Gasteiger partial charge < -0.3 is 13.6 Å². The van der Waals surface area contributed by atoms with Gasteiger partial charge in [0.1, 0.15) is 5.75 Å². The molecule has 0 fully saturated rings. The highest BCUT2D eigenvalue weighted by Gasteiger charge is 2.13. The summed E-state index contributed by atoms with van der Waals surface area (Å²) in [5.41, 5.74) is 1.68. The number of methoxy groups -OCH3 is 1. The molecule has 27 heavy (non-hydrogen) atoms. The van der Waals surface area contributed by atoms with E-state index in [9.17, 15) is 0 Å². The fraction of sp³-hybridized carbons (Fsp3) is 0.111. The van der Waals surface area contributed by atoms with Gasteiger partial charge in [-0.3, -0.25) is 0 Å². The van der Waals surface area contributed by atoms with Crippen LogP contribution in [0.3, 0.4) is 0 Å². The highest BCUT2D eigenvalue weighted by atomic mass is 79.9. The number of hydrogen-bond donors (Lipinski definition) is 0. The number of halogens is 1. The summed E-state index contributed by atoms with van der Waals surface area (Å²) in [4.78, 5) is 0. The summed E-state index contributed by atoms with van der Waals surface area (Å²) in [5.74, 6) is 2.60. The molecular formula is C18H13BrN4O3S. The molecule has 2 heterocycles. The van der Waals surface area contributed by atoms with Gasteiger partial charge in [-0.1, -0.05) is 33.8 Å². The fourth-order valence-corrected chi connectivity index (χ4v) is 3.29. The molecule has 136 valence electrons. The molecule has 2 aromatic carbocycles. The van der Waals surface area contributed by atoms with Crippen LogP contribution in [0, 0.1) is 0 Å². The lowest BCUT2D eigenvalue weighted by atomic mass is 10.2. The van der Waals surface area contributed by atoms with E-state index >= 15 is 0 Å². The fourth-order valence-electron chi connectivity index (χ4n) is 2.29. The highest BCUT2D eigenvalue weighted by molar-refractivity contribution is 9.10. The number of ether oxygens (including phenoxy) is 1. The Morgan fingerprint density at radius 3 is 2.48 bits per heavy atom. The van der Waals surface area contributed by atoms with Gasteiger partial charge in [-0.2, -0.15) is 0 Å². The molecule has 0 aliphatic carbocycles. The van der Waals surface area contributed by atoms with Gasteiger partial charge >= 0.3 is 0 Å². The van der Waals surface area contributed by atoms with E-state index in [1.165, 1.54) is 11.8 Å². The van der Waals surface area contributed by atoms with Crippen molar-refractivity contribution in [2.45, 2.75) is 11.0 Å². The van der Waals surface area contributed by atoms with E-state index in [-0.39, 0.29) is 0 Å². The van der Waals surface area contributed by atoms with Crippen molar-refractivity contribution in [3.63, 3.8) is 0 Å². The molecule has 0 bridgehead atoms. The largest absolute Gasteiger partial charge is 0.497 e. The number of nitrogens with zero attached hydrogens (tertiary/aromatic N) is 4. The van der Waals surface area contributed by atoms with Gasteiger partial charge in [0.2, 0.25) is 17.7 Å². The Kier molecular flexibility index (Phi) is 5.21. The molecule has 4 aromatic rings. The lowest BCUT2D eigenvalue weighted by Gasteiger charge is -1.99. The van der Waals surface area contributed by atoms with E-state index in [4.69, 9.17) is 13.6 Å². The number of aromatic nitrogens is 4. The van der Waals surface area contributed by atoms with Gasteiger partial charge in [-0.25, -0.2) is 0 Å². The molecule has 0 N–H and O–H groups in total. The monoisotopic (exact) mass is 444 g/mol. The summed E-state index contributed by atoms with van der Waals surface area (Å²) >= 11 is 4.77. The molecule has 0 saturated carbocycles. The third kappa shape index (κ3) is 4.20. The quantitative estimate of drug-likeness (QED) is 0.390. The summed E-state index contributed by atoms with van der Waals surface area (Å²) in [7, 11) is 1.62. The second kappa shape index (κ2) is 7.93. The second-order valence-corrected chi connectivity index (χ2v) is 7.24. The number of rotatable bonds is 6. The van der Waals surface area contributed by atoms with Crippen molar-refractivity contribution in [1.29, 1.82) is 0 Å². The third-order valence-electron chi connectivity index (χ3n) is 3.60. The standard InChI is InChI=1S/C18H13BrN4O3S/c1-24-14-7-5-11(6-8-14)16-22-23-18(26-16)27-10-15-20-21-17(25-15)12-3-2-4-13(19)9-12/h2-9H,10H2,1H3. The van der Waals surface area contributed by atoms with Crippen LogP contribution < -0.4 is 4.74 Å². The summed E-state index contributed by atoms with van der Waals surface area (Å²) in [6.07, 6.45) is 0. The molecule has 0 unspecified atom stereocenters. The summed E-state index contributed by atoms with van der Waals surface area (Å²) in [6, 6.07) is 15.1. The molecule has 0 atom stereocenters. The van der Waals surface area contributed by atoms with Gasteiger partial charge in [0.25, 0.3) is 5.22 Å². The minimum atomic E-state index is 0.433. The maximum Gasteiger partial charge on any atom is 0.277 e. The first-order chi connectivity index (χ1) is 13.2. The van der Waals surface area contributed by atoms with Crippen LogP contribution in [0.25, 0.3) is 22.9 Å². The zero-order valence-corrected chi connectivity index (χ0v) is 16.5. The Balaban J connectivity index is 1.41. The van der Waals surface area contributed by atoms with E-state index in [0.29, 0.717) is 28.6 Å². The van der Waals surface area contributed by atoms with Crippen LogP contribution in [0.1, 0.15) is 5.89 Å². The Bertz CT molecular complexity index is 1050. The molecule has 0 radical (unpaired) electrons. The lowest BCUT2D eigenvalue weighted by Crippen LogP contribution is -1.82. The van der Waals surface area contributed by atoms with Crippen LogP contribution in [0.4, 0.5) is 0 Å². The van der Waals surface area contributed by atoms with Crippen molar-refractivity contribution in [2.75, 3.05) is 7.11 Å². The zero-order valence-electron chi connectivity index (χ0n) is 14.1. The Hall–Kier alpha value is -2.65. The maximum atomic E-state index is 5.70. The van der Waals surface area contributed by atoms with E-state index in [2.05, 4.69) is 36.3 Å². The first-order valence-electron chi connectivity index (χ1n) is 7.90. The van der Waals surface area contributed by atoms with Crippen molar-refractivity contribution >= 4 is 27.7 Å². The topological polar surface area (TPSA) is 87.1 Å².